The van der Waals surface area contributed by atoms with Gasteiger partial charge in [-0.2, -0.15) is 5.10 Å². The van der Waals surface area contributed by atoms with Gasteiger partial charge >= 0.3 is 0 Å². The van der Waals surface area contributed by atoms with Crippen molar-refractivity contribution in [3.8, 4) is 0 Å². The summed E-state index contributed by atoms with van der Waals surface area (Å²) in [5, 5.41) is 7.14. The van der Waals surface area contributed by atoms with E-state index in [0.29, 0.717) is 0 Å². The van der Waals surface area contributed by atoms with Gasteiger partial charge in [-0.05, 0) is 38.0 Å². The van der Waals surface area contributed by atoms with Gasteiger partial charge in [0.25, 0.3) is 0 Å². The number of aromatic nitrogens is 3. The van der Waals surface area contributed by atoms with Crippen LogP contribution in [0.1, 0.15) is 18.5 Å². The molecule has 23 heavy (non-hydrogen) atoms. The van der Waals surface area contributed by atoms with E-state index in [0.717, 1.165) is 35.5 Å². The second-order valence-corrected chi connectivity index (χ2v) is 6.35. The van der Waals surface area contributed by atoms with Crippen LogP contribution in [0.2, 0.25) is 0 Å². The Bertz CT molecular complexity index is 1040. The molecule has 0 amide bonds. The van der Waals surface area contributed by atoms with Crippen LogP contribution < -0.4 is 4.90 Å². The van der Waals surface area contributed by atoms with E-state index in [2.05, 4.69) is 54.3 Å². The van der Waals surface area contributed by atoms with Gasteiger partial charge in [-0.15, -0.1) is 0 Å². The molecule has 5 rings (SSSR count). The van der Waals surface area contributed by atoms with Gasteiger partial charge in [-0.25, -0.2) is 9.50 Å². The SMILES string of the molecule is Cc1nn2c3cc(N4CCCC4)ccc3nc2c2ccccc12. The molecular formula is C19H18N4. The average molecular weight is 302 g/mol. The summed E-state index contributed by atoms with van der Waals surface area (Å²) in [6.45, 7) is 4.37. The molecule has 1 aliphatic heterocycles. The number of fused-ring (bicyclic) bond motifs is 5. The first-order chi connectivity index (χ1) is 11.3. The molecule has 0 unspecified atom stereocenters. The summed E-state index contributed by atoms with van der Waals surface area (Å²) in [5.74, 6) is 0. The molecule has 0 aliphatic carbocycles. The minimum absolute atomic E-state index is 0.944. The van der Waals surface area contributed by atoms with Gasteiger partial charge in [0.1, 0.15) is 0 Å². The van der Waals surface area contributed by atoms with Gasteiger partial charge in [0, 0.05) is 29.5 Å². The molecule has 0 radical (unpaired) electrons. The van der Waals surface area contributed by atoms with Crippen molar-refractivity contribution < 1.29 is 0 Å². The van der Waals surface area contributed by atoms with Crippen LogP contribution in [0.25, 0.3) is 27.5 Å². The van der Waals surface area contributed by atoms with Crippen LogP contribution in [-0.4, -0.2) is 27.7 Å². The van der Waals surface area contributed by atoms with Crippen LogP contribution >= 0.6 is 0 Å². The first-order valence-corrected chi connectivity index (χ1v) is 8.24. The molecule has 0 spiro atoms. The van der Waals surface area contributed by atoms with Gasteiger partial charge in [0.15, 0.2) is 5.65 Å². The molecule has 4 aromatic rings. The largest absolute Gasteiger partial charge is 0.371 e. The Hall–Kier alpha value is -2.62. The lowest BCUT2D eigenvalue weighted by atomic mass is 10.1. The maximum atomic E-state index is 4.83. The molecule has 0 saturated carbocycles. The summed E-state index contributed by atoms with van der Waals surface area (Å²) >= 11 is 0. The number of hydrogen-bond acceptors (Lipinski definition) is 3. The van der Waals surface area contributed by atoms with Crippen molar-refractivity contribution >= 4 is 33.1 Å². The second kappa shape index (κ2) is 4.69. The van der Waals surface area contributed by atoms with Crippen molar-refractivity contribution in [2.45, 2.75) is 19.8 Å². The van der Waals surface area contributed by atoms with Crippen molar-refractivity contribution in [1.82, 2.24) is 14.6 Å². The second-order valence-electron chi connectivity index (χ2n) is 6.35. The van der Waals surface area contributed by atoms with E-state index in [1.807, 2.05) is 4.52 Å². The molecule has 3 heterocycles. The number of hydrogen-bond donors (Lipinski definition) is 0. The molecule has 114 valence electrons. The van der Waals surface area contributed by atoms with Gasteiger partial charge in [0.05, 0.1) is 16.7 Å². The zero-order valence-corrected chi connectivity index (χ0v) is 13.2. The highest BCUT2D eigenvalue weighted by molar-refractivity contribution is 5.99. The first-order valence-electron chi connectivity index (χ1n) is 8.24. The van der Waals surface area contributed by atoms with Gasteiger partial charge < -0.3 is 4.90 Å². The molecule has 4 heteroatoms. The van der Waals surface area contributed by atoms with Gasteiger partial charge in [0.2, 0.25) is 0 Å². The summed E-state index contributed by atoms with van der Waals surface area (Å²) in [5.41, 5.74) is 5.37. The van der Waals surface area contributed by atoms with Gasteiger partial charge in [-0.3, -0.25) is 0 Å². The quantitative estimate of drug-likeness (QED) is 0.534. The van der Waals surface area contributed by atoms with E-state index in [4.69, 9.17) is 10.1 Å². The summed E-state index contributed by atoms with van der Waals surface area (Å²) in [7, 11) is 0. The standard InChI is InChI=1S/C19H18N4/c1-13-15-6-2-3-7-16(15)19-20-17-9-8-14(22-10-4-5-11-22)12-18(17)23(19)21-13/h2-3,6-9,12H,4-5,10-11H2,1H3. The van der Waals surface area contributed by atoms with Crippen molar-refractivity contribution in [3.63, 3.8) is 0 Å². The Kier molecular flexibility index (Phi) is 2.62. The van der Waals surface area contributed by atoms with Crippen molar-refractivity contribution in [2.24, 2.45) is 0 Å². The monoisotopic (exact) mass is 302 g/mol. The molecule has 1 aliphatic rings. The minimum atomic E-state index is 0.944. The predicted molar refractivity (Wildman–Crippen MR) is 94.2 cm³/mol. The Morgan fingerprint density at radius 3 is 2.57 bits per heavy atom. The van der Waals surface area contributed by atoms with Crippen molar-refractivity contribution in [3.05, 3.63) is 48.2 Å². The third-order valence-electron chi connectivity index (χ3n) is 4.89. The number of anilines is 1. The Morgan fingerprint density at radius 2 is 1.74 bits per heavy atom. The van der Waals surface area contributed by atoms with Crippen LogP contribution in [0, 0.1) is 6.92 Å². The molecule has 2 aromatic carbocycles. The fourth-order valence-corrected chi connectivity index (χ4v) is 3.70. The maximum absolute atomic E-state index is 4.83. The smallest absolute Gasteiger partial charge is 0.162 e. The molecule has 0 N–H and O–H groups in total. The molecule has 2 aromatic heterocycles. The highest BCUT2D eigenvalue weighted by atomic mass is 15.3. The van der Waals surface area contributed by atoms with E-state index in [1.54, 1.807) is 0 Å². The van der Waals surface area contributed by atoms with Crippen LogP contribution in [0.4, 0.5) is 5.69 Å². The molecule has 0 atom stereocenters. The van der Waals surface area contributed by atoms with Crippen LogP contribution in [0.15, 0.2) is 42.5 Å². The number of aryl methyl sites for hydroxylation is 1. The fourth-order valence-electron chi connectivity index (χ4n) is 3.70. The van der Waals surface area contributed by atoms with Crippen LogP contribution in [0.5, 0.6) is 0 Å². The van der Waals surface area contributed by atoms with Crippen molar-refractivity contribution in [1.29, 1.82) is 0 Å². The zero-order valence-electron chi connectivity index (χ0n) is 13.2. The van der Waals surface area contributed by atoms with E-state index >= 15 is 0 Å². The zero-order chi connectivity index (χ0) is 15.4. The number of imidazole rings is 1. The van der Waals surface area contributed by atoms with Crippen LogP contribution in [0.3, 0.4) is 0 Å². The summed E-state index contributed by atoms with van der Waals surface area (Å²) in [4.78, 5) is 7.29. The lowest BCUT2D eigenvalue weighted by Crippen LogP contribution is -2.17. The highest BCUT2D eigenvalue weighted by Gasteiger charge is 2.15. The molecule has 1 fully saturated rings. The number of nitrogens with zero attached hydrogens (tertiary/aromatic N) is 4. The molecule has 1 saturated heterocycles. The Balaban J connectivity index is 1.84. The van der Waals surface area contributed by atoms with E-state index in [-0.39, 0.29) is 0 Å². The fraction of sp³-hybridized carbons (Fsp3) is 0.263. The third kappa shape index (κ3) is 1.84. The molecular weight excluding hydrogens is 284 g/mol. The average Bonchev–Trinajstić information content (AvgIpc) is 3.23. The van der Waals surface area contributed by atoms with Gasteiger partial charge in [-0.1, -0.05) is 24.3 Å². The summed E-state index contributed by atoms with van der Waals surface area (Å²) < 4.78 is 2.01. The Morgan fingerprint density at radius 1 is 0.957 bits per heavy atom. The van der Waals surface area contributed by atoms with Crippen molar-refractivity contribution in [2.75, 3.05) is 18.0 Å². The summed E-state index contributed by atoms with van der Waals surface area (Å²) in [6, 6.07) is 14.9. The predicted octanol–water partition coefficient (Wildman–Crippen LogP) is 3.94. The minimum Gasteiger partial charge on any atom is -0.371 e. The highest BCUT2D eigenvalue weighted by Crippen LogP contribution is 2.28. The van der Waals surface area contributed by atoms with Crippen LogP contribution in [-0.2, 0) is 0 Å². The number of rotatable bonds is 1. The Labute approximate surface area is 134 Å². The maximum Gasteiger partial charge on any atom is 0.162 e. The van der Waals surface area contributed by atoms with E-state index in [1.165, 1.54) is 29.3 Å². The summed E-state index contributed by atoms with van der Waals surface area (Å²) in [6.07, 6.45) is 2.57. The lowest BCUT2D eigenvalue weighted by Gasteiger charge is -2.17. The van der Waals surface area contributed by atoms with E-state index < -0.39 is 0 Å². The first kappa shape index (κ1) is 12.9. The normalized spacial score (nSPS) is 15.3. The topological polar surface area (TPSA) is 33.4 Å². The molecule has 4 nitrogen and oxygen atoms in total. The number of benzene rings is 2. The third-order valence-corrected chi connectivity index (χ3v) is 4.89. The molecule has 0 bridgehead atoms. The van der Waals surface area contributed by atoms with E-state index in [9.17, 15) is 0 Å². The lowest BCUT2D eigenvalue weighted by molar-refractivity contribution is 0.938.